The van der Waals surface area contributed by atoms with Gasteiger partial charge in [0, 0.05) is 6.54 Å². The van der Waals surface area contributed by atoms with Crippen LogP contribution in [-0.4, -0.2) is 38.0 Å². The standard InChI is InChI=1S/C15H24N2O/c1-12(2)14-7-5-6-13(10-14)8-9-16-15(18)11-17(3)4/h5-7,10,12H,8-9,11H2,1-4H3,(H,16,18). The Balaban J connectivity index is 2.39. The maximum Gasteiger partial charge on any atom is 0.234 e. The highest BCUT2D eigenvalue weighted by atomic mass is 16.1. The lowest BCUT2D eigenvalue weighted by Crippen LogP contribution is -2.34. The topological polar surface area (TPSA) is 32.3 Å². The first-order valence-corrected chi connectivity index (χ1v) is 6.49. The molecule has 1 aromatic rings. The van der Waals surface area contributed by atoms with E-state index in [0.717, 1.165) is 6.42 Å². The molecule has 0 aromatic heterocycles. The highest BCUT2D eigenvalue weighted by Crippen LogP contribution is 2.15. The van der Waals surface area contributed by atoms with Gasteiger partial charge in [0.15, 0.2) is 0 Å². The van der Waals surface area contributed by atoms with Gasteiger partial charge in [0.25, 0.3) is 0 Å². The fourth-order valence-corrected chi connectivity index (χ4v) is 1.80. The number of rotatable bonds is 6. The number of amides is 1. The predicted octanol–water partition coefficient (Wildman–Crippen LogP) is 2.03. The van der Waals surface area contributed by atoms with Gasteiger partial charge in [0.2, 0.25) is 5.91 Å². The zero-order chi connectivity index (χ0) is 13.5. The SMILES string of the molecule is CC(C)c1cccc(CCNC(=O)CN(C)C)c1. The molecule has 0 atom stereocenters. The van der Waals surface area contributed by atoms with Gasteiger partial charge in [-0.15, -0.1) is 0 Å². The van der Waals surface area contributed by atoms with E-state index in [9.17, 15) is 4.79 Å². The summed E-state index contributed by atoms with van der Waals surface area (Å²) in [5.41, 5.74) is 2.64. The Morgan fingerprint density at radius 1 is 1.33 bits per heavy atom. The maximum atomic E-state index is 11.5. The number of hydrogen-bond donors (Lipinski definition) is 1. The Bertz CT molecular complexity index is 386. The van der Waals surface area contributed by atoms with Gasteiger partial charge in [-0.2, -0.15) is 0 Å². The molecule has 0 heterocycles. The molecule has 0 fully saturated rings. The van der Waals surface area contributed by atoms with Crippen LogP contribution in [0.15, 0.2) is 24.3 Å². The second kappa shape index (κ2) is 7.17. The van der Waals surface area contributed by atoms with Crippen molar-refractivity contribution in [1.29, 1.82) is 0 Å². The molecule has 0 saturated carbocycles. The molecular formula is C15H24N2O. The molecule has 100 valence electrons. The molecule has 0 bridgehead atoms. The van der Waals surface area contributed by atoms with Gasteiger partial charge < -0.3 is 10.2 Å². The lowest BCUT2D eigenvalue weighted by Gasteiger charge is -2.11. The fourth-order valence-electron chi connectivity index (χ4n) is 1.80. The summed E-state index contributed by atoms with van der Waals surface area (Å²) in [5.74, 6) is 0.633. The van der Waals surface area contributed by atoms with Crippen molar-refractivity contribution in [3.63, 3.8) is 0 Å². The third-order valence-electron chi connectivity index (χ3n) is 2.81. The summed E-state index contributed by atoms with van der Waals surface area (Å²) in [5, 5.41) is 2.93. The largest absolute Gasteiger partial charge is 0.355 e. The number of carbonyl (C=O) groups excluding carboxylic acids is 1. The van der Waals surface area contributed by atoms with E-state index in [1.807, 2.05) is 19.0 Å². The van der Waals surface area contributed by atoms with Crippen molar-refractivity contribution in [1.82, 2.24) is 10.2 Å². The second-order valence-corrected chi connectivity index (χ2v) is 5.24. The van der Waals surface area contributed by atoms with E-state index in [2.05, 4.69) is 43.4 Å². The molecule has 0 spiro atoms. The zero-order valence-corrected chi connectivity index (χ0v) is 11.9. The van der Waals surface area contributed by atoms with Gasteiger partial charge >= 0.3 is 0 Å². The highest BCUT2D eigenvalue weighted by Gasteiger charge is 2.03. The van der Waals surface area contributed by atoms with Crippen molar-refractivity contribution in [3.8, 4) is 0 Å². The van der Waals surface area contributed by atoms with Crippen LogP contribution in [0, 0.1) is 0 Å². The fraction of sp³-hybridized carbons (Fsp3) is 0.533. The van der Waals surface area contributed by atoms with E-state index in [1.165, 1.54) is 11.1 Å². The number of likely N-dealkylation sites (N-methyl/N-ethyl adjacent to an activating group) is 1. The highest BCUT2D eigenvalue weighted by molar-refractivity contribution is 5.77. The van der Waals surface area contributed by atoms with Gasteiger partial charge in [-0.25, -0.2) is 0 Å². The van der Waals surface area contributed by atoms with Gasteiger partial charge in [0.05, 0.1) is 6.54 Å². The monoisotopic (exact) mass is 248 g/mol. The Hall–Kier alpha value is -1.35. The molecule has 0 unspecified atom stereocenters. The number of hydrogen-bond acceptors (Lipinski definition) is 2. The normalized spacial score (nSPS) is 11.0. The van der Waals surface area contributed by atoms with Gasteiger partial charge in [-0.1, -0.05) is 38.1 Å². The molecule has 18 heavy (non-hydrogen) atoms. The molecule has 0 saturated heterocycles. The third-order valence-corrected chi connectivity index (χ3v) is 2.81. The Labute approximate surface area is 110 Å². The first-order chi connectivity index (χ1) is 8.49. The van der Waals surface area contributed by atoms with E-state index in [0.29, 0.717) is 19.0 Å². The van der Waals surface area contributed by atoms with E-state index >= 15 is 0 Å². The van der Waals surface area contributed by atoms with Crippen LogP contribution in [0.25, 0.3) is 0 Å². The molecule has 3 heteroatoms. The summed E-state index contributed by atoms with van der Waals surface area (Å²) in [6.45, 7) is 5.54. The lowest BCUT2D eigenvalue weighted by molar-refractivity contribution is -0.121. The van der Waals surface area contributed by atoms with Crippen molar-refractivity contribution in [3.05, 3.63) is 35.4 Å². The molecule has 3 nitrogen and oxygen atoms in total. The molecule has 0 aliphatic carbocycles. The number of nitrogens with zero attached hydrogens (tertiary/aromatic N) is 1. The second-order valence-electron chi connectivity index (χ2n) is 5.24. The average molecular weight is 248 g/mol. The molecular weight excluding hydrogens is 224 g/mol. The zero-order valence-electron chi connectivity index (χ0n) is 11.9. The first-order valence-electron chi connectivity index (χ1n) is 6.49. The summed E-state index contributed by atoms with van der Waals surface area (Å²) in [6, 6.07) is 8.58. The van der Waals surface area contributed by atoms with Crippen molar-refractivity contribution < 1.29 is 4.79 Å². The van der Waals surface area contributed by atoms with Crippen molar-refractivity contribution >= 4 is 5.91 Å². The summed E-state index contributed by atoms with van der Waals surface area (Å²) in [7, 11) is 3.79. The quantitative estimate of drug-likeness (QED) is 0.835. The van der Waals surface area contributed by atoms with Crippen LogP contribution in [-0.2, 0) is 11.2 Å². The first kappa shape index (κ1) is 14.7. The van der Waals surface area contributed by atoms with E-state index in [4.69, 9.17) is 0 Å². The minimum atomic E-state index is 0.0833. The smallest absolute Gasteiger partial charge is 0.234 e. The molecule has 1 amide bonds. The lowest BCUT2D eigenvalue weighted by atomic mass is 10.00. The maximum absolute atomic E-state index is 11.5. The molecule has 1 aromatic carbocycles. The van der Waals surface area contributed by atoms with Crippen LogP contribution >= 0.6 is 0 Å². The van der Waals surface area contributed by atoms with Gasteiger partial charge in [-0.05, 0) is 37.6 Å². The van der Waals surface area contributed by atoms with Crippen LogP contribution in [0.5, 0.6) is 0 Å². The molecule has 1 rings (SSSR count). The van der Waals surface area contributed by atoms with E-state index in [1.54, 1.807) is 0 Å². The number of benzene rings is 1. The number of nitrogens with one attached hydrogen (secondary N) is 1. The van der Waals surface area contributed by atoms with Gasteiger partial charge in [-0.3, -0.25) is 4.79 Å². The van der Waals surface area contributed by atoms with E-state index < -0.39 is 0 Å². The molecule has 0 radical (unpaired) electrons. The van der Waals surface area contributed by atoms with Crippen LogP contribution < -0.4 is 5.32 Å². The molecule has 1 N–H and O–H groups in total. The average Bonchev–Trinajstić information content (AvgIpc) is 2.28. The number of carbonyl (C=O) groups is 1. The molecule has 0 aliphatic rings. The van der Waals surface area contributed by atoms with Crippen molar-refractivity contribution in [2.24, 2.45) is 0 Å². The minimum Gasteiger partial charge on any atom is -0.355 e. The van der Waals surface area contributed by atoms with Crippen LogP contribution in [0.3, 0.4) is 0 Å². The minimum absolute atomic E-state index is 0.0833. The van der Waals surface area contributed by atoms with Gasteiger partial charge in [0.1, 0.15) is 0 Å². The Morgan fingerprint density at radius 3 is 2.67 bits per heavy atom. The summed E-state index contributed by atoms with van der Waals surface area (Å²) < 4.78 is 0. The van der Waals surface area contributed by atoms with Crippen LogP contribution in [0.2, 0.25) is 0 Å². The summed E-state index contributed by atoms with van der Waals surface area (Å²) in [6.07, 6.45) is 0.889. The van der Waals surface area contributed by atoms with Crippen LogP contribution in [0.1, 0.15) is 30.9 Å². The third kappa shape index (κ3) is 5.32. The summed E-state index contributed by atoms with van der Waals surface area (Å²) >= 11 is 0. The van der Waals surface area contributed by atoms with Crippen molar-refractivity contribution in [2.45, 2.75) is 26.2 Å². The Morgan fingerprint density at radius 2 is 2.06 bits per heavy atom. The Kier molecular flexibility index (Phi) is 5.86. The van der Waals surface area contributed by atoms with Crippen LogP contribution in [0.4, 0.5) is 0 Å². The predicted molar refractivity (Wildman–Crippen MR) is 75.8 cm³/mol. The van der Waals surface area contributed by atoms with E-state index in [-0.39, 0.29) is 5.91 Å². The molecule has 0 aliphatic heterocycles. The van der Waals surface area contributed by atoms with Crippen molar-refractivity contribution in [2.75, 3.05) is 27.2 Å². The summed E-state index contributed by atoms with van der Waals surface area (Å²) in [4.78, 5) is 13.3.